The van der Waals surface area contributed by atoms with Gasteiger partial charge in [0.05, 0.1) is 7.11 Å². The van der Waals surface area contributed by atoms with Gasteiger partial charge in [-0.1, -0.05) is 30.7 Å². The lowest BCUT2D eigenvalue weighted by Crippen LogP contribution is -2.31. The summed E-state index contributed by atoms with van der Waals surface area (Å²) in [5.74, 6) is 2.75. The molecule has 142 valence electrons. The van der Waals surface area contributed by atoms with Crippen molar-refractivity contribution in [3.05, 3.63) is 53.6 Å². The fraction of sp³-hybridized carbons (Fsp3) is 0.360. The zero-order chi connectivity index (χ0) is 19.0. The zero-order valence-electron chi connectivity index (χ0n) is 16.3. The molecule has 1 spiro atoms. The lowest BCUT2D eigenvalue weighted by atomic mass is 9.66. The number of hydrogen-bond donors (Lipinski definition) is 1. The van der Waals surface area contributed by atoms with E-state index in [1.807, 2.05) is 6.07 Å². The van der Waals surface area contributed by atoms with Gasteiger partial charge in [-0.3, -0.25) is 0 Å². The van der Waals surface area contributed by atoms with Crippen molar-refractivity contribution in [1.29, 1.82) is 0 Å². The molecular weight excluding hydrogens is 364 g/mol. The molecule has 2 saturated carbocycles. The van der Waals surface area contributed by atoms with Crippen molar-refractivity contribution in [2.75, 3.05) is 13.4 Å². The van der Waals surface area contributed by atoms with Gasteiger partial charge in [0.25, 0.3) is 0 Å². The monoisotopic (exact) mass is 388 g/mol. The van der Waals surface area contributed by atoms with Crippen LogP contribution in [0.3, 0.4) is 0 Å². The summed E-state index contributed by atoms with van der Waals surface area (Å²) < 4.78 is 5.59. The van der Waals surface area contributed by atoms with Crippen LogP contribution in [0.2, 0.25) is 0 Å². The normalized spacial score (nSPS) is 26.8. The van der Waals surface area contributed by atoms with Crippen LogP contribution < -0.4 is 4.74 Å². The number of rotatable bonds is 2. The summed E-state index contributed by atoms with van der Waals surface area (Å²) in [6, 6.07) is 15.3. The molecule has 3 aliphatic carbocycles. The molecule has 3 atom stereocenters. The number of fused-ring (bicyclic) bond motifs is 10. The van der Waals surface area contributed by atoms with Crippen LogP contribution in [0, 0.1) is 11.8 Å². The van der Waals surface area contributed by atoms with Crippen LogP contribution in [-0.4, -0.2) is 18.5 Å². The number of ether oxygens (including phenoxy) is 1. The zero-order valence-corrected chi connectivity index (χ0v) is 17.1. The first-order valence-electron chi connectivity index (χ1n) is 10.2. The number of aromatic hydroxyl groups is 1. The minimum Gasteiger partial charge on any atom is -0.507 e. The summed E-state index contributed by atoms with van der Waals surface area (Å²) in [6.07, 6.45) is 7.34. The molecule has 2 bridgehead atoms. The van der Waals surface area contributed by atoms with Crippen LogP contribution in [0.25, 0.3) is 21.9 Å². The van der Waals surface area contributed by atoms with E-state index in [9.17, 15) is 5.11 Å². The van der Waals surface area contributed by atoms with Gasteiger partial charge in [-0.15, -0.1) is 11.8 Å². The standard InChI is InChI=1S/C25H24O2S/c1-27-22-10-17-18(11-23(22)28-2)24-16-5-3-4-6-19(16)25(20(24)12-21(17)26)13-14-7-8-15(25)9-14/h3-6,10-12,14-15,26H,7-9,13H2,1-2H3. The number of phenolic OH excluding ortho intramolecular Hbond substituents is 1. The number of hydrogen-bond acceptors (Lipinski definition) is 3. The first-order chi connectivity index (χ1) is 13.7. The minimum absolute atomic E-state index is 0.0972. The lowest BCUT2D eigenvalue weighted by molar-refractivity contribution is 0.326. The first-order valence-corrected chi connectivity index (χ1v) is 11.4. The second kappa shape index (κ2) is 5.70. The maximum Gasteiger partial charge on any atom is 0.133 e. The highest BCUT2D eigenvalue weighted by molar-refractivity contribution is 7.98. The van der Waals surface area contributed by atoms with E-state index >= 15 is 0 Å². The molecule has 0 aliphatic heterocycles. The maximum atomic E-state index is 11.0. The third-order valence-electron chi connectivity index (χ3n) is 7.63. The molecular formula is C25H24O2S. The average Bonchev–Trinajstić information content (AvgIpc) is 3.41. The van der Waals surface area contributed by atoms with Crippen molar-refractivity contribution in [1.82, 2.24) is 0 Å². The first kappa shape index (κ1) is 16.8. The van der Waals surface area contributed by atoms with Crippen molar-refractivity contribution in [2.24, 2.45) is 11.8 Å². The Kier molecular flexibility index (Phi) is 3.42. The van der Waals surface area contributed by atoms with E-state index in [1.165, 1.54) is 47.9 Å². The molecule has 6 rings (SSSR count). The summed E-state index contributed by atoms with van der Waals surface area (Å²) in [4.78, 5) is 1.12. The lowest BCUT2D eigenvalue weighted by Gasteiger charge is -2.36. The van der Waals surface area contributed by atoms with E-state index in [1.54, 1.807) is 18.9 Å². The number of methoxy groups -OCH3 is 1. The minimum atomic E-state index is 0.0972. The highest BCUT2D eigenvalue weighted by Gasteiger charge is 2.57. The van der Waals surface area contributed by atoms with Gasteiger partial charge in [-0.25, -0.2) is 0 Å². The van der Waals surface area contributed by atoms with Gasteiger partial charge < -0.3 is 9.84 Å². The molecule has 3 aliphatic rings. The summed E-state index contributed by atoms with van der Waals surface area (Å²) >= 11 is 1.70. The van der Waals surface area contributed by atoms with Crippen LogP contribution in [0.15, 0.2) is 47.4 Å². The van der Waals surface area contributed by atoms with Gasteiger partial charge in [-0.05, 0) is 83.2 Å². The van der Waals surface area contributed by atoms with E-state index < -0.39 is 0 Å². The van der Waals surface area contributed by atoms with Crippen molar-refractivity contribution in [3.63, 3.8) is 0 Å². The van der Waals surface area contributed by atoms with Crippen LogP contribution in [-0.2, 0) is 5.41 Å². The summed E-state index contributed by atoms with van der Waals surface area (Å²) in [5.41, 5.74) is 5.66. The fourth-order valence-electron chi connectivity index (χ4n) is 6.60. The van der Waals surface area contributed by atoms with E-state index in [0.29, 0.717) is 11.7 Å². The van der Waals surface area contributed by atoms with Crippen molar-refractivity contribution < 1.29 is 9.84 Å². The van der Waals surface area contributed by atoms with Gasteiger partial charge in [0.2, 0.25) is 0 Å². The Hall–Kier alpha value is -2.13. The molecule has 0 aromatic heterocycles. The molecule has 3 aromatic carbocycles. The second-order valence-electron chi connectivity index (χ2n) is 8.67. The van der Waals surface area contributed by atoms with Gasteiger partial charge in [0, 0.05) is 15.7 Å². The third-order valence-corrected chi connectivity index (χ3v) is 8.38. The molecule has 3 aromatic rings. The van der Waals surface area contributed by atoms with Crippen molar-refractivity contribution in [2.45, 2.75) is 36.0 Å². The van der Waals surface area contributed by atoms with Crippen LogP contribution in [0.1, 0.15) is 36.8 Å². The fourth-order valence-corrected chi connectivity index (χ4v) is 7.18. The van der Waals surface area contributed by atoms with Gasteiger partial charge in [-0.2, -0.15) is 0 Å². The quantitative estimate of drug-likeness (QED) is 0.518. The number of phenols is 1. The highest BCUT2D eigenvalue weighted by Crippen LogP contribution is 2.67. The van der Waals surface area contributed by atoms with Gasteiger partial charge >= 0.3 is 0 Å². The number of thioether (sulfide) groups is 1. The molecule has 0 amide bonds. The Morgan fingerprint density at radius 1 is 1.07 bits per heavy atom. The van der Waals surface area contributed by atoms with Crippen LogP contribution in [0.4, 0.5) is 0 Å². The molecule has 2 nitrogen and oxygen atoms in total. The third kappa shape index (κ3) is 1.91. The highest BCUT2D eigenvalue weighted by atomic mass is 32.2. The molecule has 3 heteroatoms. The van der Waals surface area contributed by atoms with E-state index in [-0.39, 0.29) is 5.41 Å². The predicted octanol–water partition coefficient (Wildman–Crippen LogP) is 6.36. The Bertz CT molecular complexity index is 1140. The van der Waals surface area contributed by atoms with Crippen molar-refractivity contribution >= 4 is 22.5 Å². The Balaban J connectivity index is 1.74. The summed E-state index contributed by atoms with van der Waals surface area (Å²) in [7, 11) is 1.70. The van der Waals surface area contributed by atoms with Gasteiger partial charge in [0.15, 0.2) is 0 Å². The Labute approximate surface area is 169 Å². The van der Waals surface area contributed by atoms with Crippen LogP contribution >= 0.6 is 11.8 Å². The van der Waals surface area contributed by atoms with Crippen molar-refractivity contribution in [3.8, 4) is 22.6 Å². The summed E-state index contributed by atoms with van der Waals surface area (Å²) in [5, 5.41) is 13.1. The maximum absolute atomic E-state index is 11.0. The molecule has 0 radical (unpaired) electrons. The van der Waals surface area contributed by atoms with E-state index in [4.69, 9.17) is 4.74 Å². The number of benzene rings is 3. The smallest absolute Gasteiger partial charge is 0.133 e. The Morgan fingerprint density at radius 3 is 2.64 bits per heavy atom. The van der Waals surface area contributed by atoms with Crippen LogP contribution in [0.5, 0.6) is 11.5 Å². The van der Waals surface area contributed by atoms with Gasteiger partial charge in [0.1, 0.15) is 11.5 Å². The molecule has 3 unspecified atom stereocenters. The Morgan fingerprint density at radius 2 is 1.93 bits per heavy atom. The summed E-state index contributed by atoms with van der Waals surface area (Å²) in [6.45, 7) is 0. The molecule has 0 saturated heterocycles. The SMILES string of the molecule is COc1cc2c(O)cc3c(c2cc1SC)-c1ccccc1C31CC2CCC1C2. The molecule has 2 fully saturated rings. The largest absolute Gasteiger partial charge is 0.507 e. The topological polar surface area (TPSA) is 29.5 Å². The molecule has 1 N–H and O–H groups in total. The second-order valence-corrected chi connectivity index (χ2v) is 9.52. The average molecular weight is 389 g/mol. The van der Waals surface area contributed by atoms with E-state index in [0.717, 1.165) is 27.3 Å². The predicted molar refractivity (Wildman–Crippen MR) is 116 cm³/mol. The van der Waals surface area contributed by atoms with E-state index in [2.05, 4.69) is 42.7 Å². The molecule has 28 heavy (non-hydrogen) atoms. The molecule has 0 heterocycles.